The number of anilines is 2. The van der Waals surface area contributed by atoms with Gasteiger partial charge in [-0.2, -0.15) is 0 Å². The Kier molecular flexibility index (Phi) is 7.85. The van der Waals surface area contributed by atoms with Crippen molar-refractivity contribution in [2.24, 2.45) is 0 Å². The van der Waals surface area contributed by atoms with Gasteiger partial charge in [0.15, 0.2) is 17.6 Å². The van der Waals surface area contributed by atoms with Crippen molar-refractivity contribution in [1.82, 2.24) is 0 Å². The van der Waals surface area contributed by atoms with Gasteiger partial charge in [-0.05, 0) is 49.4 Å². The minimum atomic E-state index is -3.96. The molecule has 0 radical (unpaired) electrons. The lowest BCUT2D eigenvalue weighted by atomic mass is 10.2. The Labute approximate surface area is 222 Å². The van der Waals surface area contributed by atoms with Crippen molar-refractivity contribution >= 4 is 39.0 Å². The number of nitrogens with zero attached hydrogens (tertiary/aromatic N) is 1. The van der Waals surface area contributed by atoms with Crippen molar-refractivity contribution in [2.75, 3.05) is 30.4 Å². The lowest BCUT2D eigenvalue weighted by molar-refractivity contribution is -0.384. The van der Waals surface area contributed by atoms with Crippen LogP contribution in [-0.4, -0.2) is 51.6 Å². The van der Waals surface area contributed by atoms with Crippen molar-refractivity contribution in [3.05, 3.63) is 76.3 Å². The number of amides is 1. The second-order valence-electron chi connectivity index (χ2n) is 8.17. The van der Waals surface area contributed by atoms with Gasteiger partial charge in [-0.15, -0.1) is 0 Å². The van der Waals surface area contributed by atoms with Gasteiger partial charge in [-0.3, -0.25) is 19.6 Å². The van der Waals surface area contributed by atoms with E-state index in [0.29, 0.717) is 24.7 Å². The third-order valence-electron chi connectivity index (χ3n) is 5.50. The van der Waals surface area contributed by atoms with E-state index >= 15 is 0 Å². The summed E-state index contributed by atoms with van der Waals surface area (Å²) in [6, 6.07) is 13.3. The average molecular weight is 558 g/mol. The zero-order chi connectivity index (χ0) is 28.2. The molecule has 1 atom stereocenters. The first-order valence-electron chi connectivity index (χ1n) is 11.4. The third-order valence-corrected chi connectivity index (χ3v) is 6.88. The molecule has 1 aliphatic rings. The number of nitrogens with one attached hydrogen (secondary N) is 2. The molecule has 0 spiro atoms. The number of hydrogen-bond acceptors (Lipinski definition) is 10. The number of hydrogen-bond donors (Lipinski definition) is 2. The summed E-state index contributed by atoms with van der Waals surface area (Å²) in [6.45, 7) is 2.01. The first-order chi connectivity index (χ1) is 18.6. The molecule has 2 N–H and O–H groups in total. The SMILES string of the molecule is COc1ccc([N+](=O)[O-])cc1NC(=O)[C@H](C)OC(=O)c1ccc(NS(=O)(=O)c2ccc3c(c2)OCCO3)cc1. The van der Waals surface area contributed by atoms with Gasteiger partial charge < -0.3 is 24.3 Å². The van der Waals surface area contributed by atoms with Crippen molar-refractivity contribution < 1.29 is 41.9 Å². The number of rotatable bonds is 9. The Morgan fingerprint density at radius 2 is 1.69 bits per heavy atom. The molecule has 0 unspecified atom stereocenters. The lowest BCUT2D eigenvalue weighted by Gasteiger charge is -2.19. The van der Waals surface area contributed by atoms with Gasteiger partial charge in [0.25, 0.3) is 21.6 Å². The Morgan fingerprint density at radius 3 is 2.36 bits per heavy atom. The van der Waals surface area contributed by atoms with Crippen LogP contribution in [0.1, 0.15) is 17.3 Å². The van der Waals surface area contributed by atoms with Crippen molar-refractivity contribution in [3.8, 4) is 17.2 Å². The number of ether oxygens (including phenoxy) is 4. The van der Waals surface area contributed by atoms with E-state index < -0.39 is 32.9 Å². The van der Waals surface area contributed by atoms with E-state index in [1.165, 1.54) is 68.6 Å². The molecule has 1 amide bonds. The molecule has 0 saturated carbocycles. The second-order valence-corrected chi connectivity index (χ2v) is 9.85. The summed E-state index contributed by atoms with van der Waals surface area (Å²) < 4.78 is 49.1. The molecule has 4 rings (SSSR count). The fraction of sp³-hybridized carbons (Fsp3) is 0.200. The predicted molar refractivity (Wildman–Crippen MR) is 138 cm³/mol. The number of sulfonamides is 1. The zero-order valence-electron chi connectivity index (χ0n) is 20.7. The number of nitro benzene ring substituents is 1. The quantitative estimate of drug-likeness (QED) is 0.226. The van der Waals surface area contributed by atoms with E-state index in [2.05, 4.69) is 10.0 Å². The van der Waals surface area contributed by atoms with Crippen LogP contribution >= 0.6 is 0 Å². The van der Waals surface area contributed by atoms with Gasteiger partial charge in [-0.25, -0.2) is 13.2 Å². The summed E-state index contributed by atoms with van der Waals surface area (Å²) in [5, 5.41) is 13.5. The van der Waals surface area contributed by atoms with Crippen LogP contribution in [0, 0.1) is 10.1 Å². The molecule has 0 fully saturated rings. The summed E-state index contributed by atoms with van der Waals surface area (Å²) in [6.07, 6.45) is -1.27. The summed E-state index contributed by atoms with van der Waals surface area (Å²) in [5.74, 6) is -0.628. The smallest absolute Gasteiger partial charge is 0.338 e. The maximum absolute atomic E-state index is 12.8. The Hall–Kier alpha value is -4.85. The molecule has 3 aromatic rings. The topological polar surface area (TPSA) is 172 Å². The van der Waals surface area contributed by atoms with E-state index in [1.54, 1.807) is 0 Å². The maximum Gasteiger partial charge on any atom is 0.338 e. The van der Waals surface area contributed by atoms with Gasteiger partial charge in [0.2, 0.25) is 0 Å². The molecule has 0 aromatic heterocycles. The number of methoxy groups -OCH3 is 1. The molecule has 0 saturated heterocycles. The highest BCUT2D eigenvalue weighted by molar-refractivity contribution is 7.92. The molecule has 204 valence electrons. The van der Waals surface area contributed by atoms with E-state index in [0.717, 1.165) is 6.07 Å². The Bertz CT molecular complexity index is 1520. The molecule has 3 aromatic carbocycles. The number of carbonyl (C=O) groups is 2. The first kappa shape index (κ1) is 27.2. The number of carbonyl (C=O) groups excluding carboxylic acids is 2. The number of benzene rings is 3. The Morgan fingerprint density at radius 1 is 1.00 bits per heavy atom. The number of nitro groups is 1. The largest absolute Gasteiger partial charge is 0.495 e. The van der Waals surface area contributed by atoms with Gasteiger partial charge in [-0.1, -0.05) is 0 Å². The van der Waals surface area contributed by atoms with Crippen LogP contribution in [0.5, 0.6) is 17.2 Å². The van der Waals surface area contributed by atoms with Crippen LogP contribution in [0.3, 0.4) is 0 Å². The molecule has 13 nitrogen and oxygen atoms in total. The lowest BCUT2D eigenvalue weighted by Crippen LogP contribution is -2.30. The minimum Gasteiger partial charge on any atom is -0.495 e. The summed E-state index contributed by atoms with van der Waals surface area (Å²) in [4.78, 5) is 35.5. The van der Waals surface area contributed by atoms with E-state index in [-0.39, 0.29) is 33.3 Å². The number of fused-ring (bicyclic) bond motifs is 1. The fourth-order valence-electron chi connectivity index (χ4n) is 3.50. The molecular formula is C25H23N3O10S. The van der Waals surface area contributed by atoms with Crippen LogP contribution in [0.25, 0.3) is 0 Å². The Balaban J connectivity index is 1.38. The van der Waals surface area contributed by atoms with Crippen LogP contribution < -0.4 is 24.2 Å². The summed E-state index contributed by atoms with van der Waals surface area (Å²) >= 11 is 0. The normalized spacial score (nSPS) is 13.1. The predicted octanol–water partition coefficient (Wildman–Crippen LogP) is 3.36. The average Bonchev–Trinajstić information content (AvgIpc) is 2.92. The summed E-state index contributed by atoms with van der Waals surface area (Å²) in [7, 11) is -2.63. The molecule has 14 heteroatoms. The highest BCUT2D eigenvalue weighted by Crippen LogP contribution is 2.33. The third kappa shape index (κ3) is 6.35. The monoisotopic (exact) mass is 557 g/mol. The van der Waals surface area contributed by atoms with Crippen LogP contribution in [0.4, 0.5) is 17.1 Å². The van der Waals surface area contributed by atoms with Crippen LogP contribution in [0.2, 0.25) is 0 Å². The van der Waals surface area contributed by atoms with Gasteiger partial charge >= 0.3 is 5.97 Å². The number of non-ortho nitro benzene ring substituents is 1. The summed E-state index contributed by atoms with van der Waals surface area (Å²) in [5.41, 5.74) is 0.0181. The van der Waals surface area contributed by atoms with Crippen LogP contribution in [-0.2, 0) is 19.6 Å². The first-order valence-corrected chi connectivity index (χ1v) is 12.9. The van der Waals surface area contributed by atoms with E-state index in [9.17, 15) is 28.1 Å². The van der Waals surface area contributed by atoms with Gasteiger partial charge in [0.05, 0.1) is 28.2 Å². The van der Waals surface area contributed by atoms with Crippen molar-refractivity contribution in [3.63, 3.8) is 0 Å². The highest BCUT2D eigenvalue weighted by Gasteiger charge is 2.23. The highest BCUT2D eigenvalue weighted by atomic mass is 32.2. The molecular weight excluding hydrogens is 534 g/mol. The molecule has 0 aliphatic carbocycles. The van der Waals surface area contributed by atoms with Crippen molar-refractivity contribution in [1.29, 1.82) is 0 Å². The maximum atomic E-state index is 12.8. The van der Waals surface area contributed by atoms with Crippen molar-refractivity contribution in [2.45, 2.75) is 17.9 Å². The molecule has 1 heterocycles. The number of esters is 1. The molecule has 0 bridgehead atoms. The van der Waals surface area contributed by atoms with E-state index in [4.69, 9.17) is 18.9 Å². The van der Waals surface area contributed by atoms with Crippen LogP contribution in [0.15, 0.2) is 65.6 Å². The second kappa shape index (κ2) is 11.3. The standard InChI is InChI=1S/C25H23N3O10S/c1-15(24(29)26-20-13-18(28(31)32)7-9-21(20)35-2)38-25(30)16-3-5-17(6-4-16)27-39(33,34)19-8-10-22-23(14-19)37-12-11-36-22/h3-10,13-15,27H,11-12H2,1-2H3,(H,26,29)/t15-/m0/s1. The molecule has 1 aliphatic heterocycles. The van der Waals surface area contributed by atoms with E-state index in [1.807, 2.05) is 0 Å². The van der Waals surface area contributed by atoms with Gasteiger partial charge in [0, 0.05) is 23.9 Å². The van der Waals surface area contributed by atoms with Gasteiger partial charge in [0.1, 0.15) is 19.0 Å². The fourth-order valence-corrected chi connectivity index (χ4v) is 4.58. The molecule has 39 heavy (non-hydrogen) atoms. The minimum absolute atomic E-state index is 0.0320. The zero-order valence-corrected chi connectivity index (χ0v) is 21.5.